The van der Waals surface area contributed by atoms with Gasteiger partial charge in [-0.15, -0.1) is 0 Å². The van der Waals surface area contributed by atoms with Crippen LogP contribution in [0.5, 0.6) is 0 Å². The Balaban J connectivity index is 1.01. The summed E-state index contributed by atoms with van der Waals surface area (Å²) < 4.78 is 6.60. The number of rotatable bonds is 7. The van der Waals surface area contributed by atoms with Crippen molar-refractivity contribution in [2.75, 3.05) is 58.2 Å². The normalized spacial score (nSPS) is 34.1. The summed E-state index contributed by atoms with van der Waals surface area (Å²) in [6, 6.07) is 8.16. The van der Waals surface area contributed by atoms with Crippen LogP contribution in [0.4, 0.5) is 5.69 Å². The zero-order valence-electron chi connectivity index (χ0n) is 26.8. The lowest BCUT2D eigenvalue weighted by atomic mass is 9.63. The van der Waals surface area contributed by atoms with E-state index in [1.165, 1.54) is 70.6 Å². The topological polar surface area (TPSA) is 105 Å². The number of carbonyl (C=O) groups excluding carboxylic acids is 1. The first-order valence-electron chi connectivity index (χ1n) is 17.8. The van der Waals surface area contributed by atoms with E-state index in [0.29, 0.717) is 11.8 Å². The summed E-state index contributed by atoms with van der Waals surface area (Å²) in [5.74, 6) is 1.05. The molecule has 7 rings (SSSR count). The summed E-state index contributed by atoms with van der Waals surface area (Å²) in [4.78, 5) is 18.4. The Bertz CT molecular complexity index is 1110. The SMILES string of the molecule is CN1CCNC1[C@H](NC(=O)c1cccc(NCC2NNC3C4C(CNCC45CCCCCCCCC5)OCCN23)c1)C1CC1. The van der Waals surface area contributed by atoms with Crippen LogP contribution in [-0.4, -0.2) is 99.3 Å². The molecule has 10 heteroatoms. The highest BCUT2D eigenvalue weighted by Crippen LogP contribution is 2.47. The Hall–Kier alpha value is -1.79. The number of hydrogen-bond acceptors (Lipinski definition) is 9. The second-order valence-corrected chi connectivity index (χ2v) is 14.6. The molecule has 1 aromatic rings. The Morgan fingerprint density at radius 2 is 1.86 bits per heavy atom. The van der Waals surface area contributed by atoms with E-state index in [1.807, 2.05) is 18.2 Å². The first-order valence-corrected chi connectivity index (χ1v) is 17.8. The largest absolute Gasteiger partial charge is 0.382 e. The monoisotopic (exact) mass is 608 g/mol. The molecule has 44 heavy (non-hydrogen) atoms. The van der Waals surface area contributed by atoms with E-state index < -0.39 is 0 Å². The molecule has 0 radical (unpaired) electrons. The summed E-state index contributed by atoms with van der Waals surface area (Å²) in [5, 5.41) is 14.4. The number of carbonyl (C=O) groups is 1. The third kappa shape index (κ3) is 6.68. The van der Waals surface area contributed by atoms with Gasteiger partial charge in [-0.25, -0.2) is 10.9 Å². The highest BCUT2D eigenvalue weighted by Gasteiger charge is 2.54. The zero-order valence-corrected chi connectivity index (χ0v) is 26.8. The van der Waals surface area contributed by atoms with Gasteiger partial charge in [0.1, 0.15) is 0 Å². The fourth-order valence-corrected chi connectivity index (χ4v) is 9.10. The van der Waals surface area contributed by atoms with Crippen molar-refractivity contribution in [2.45, 2.75) is 101 Å². The Labute approximate surface area is 264 Å². The van der Waals surface area contributed by atoms with Crippen LogP contribution < -0.4 is 32.1 Å². The molecule has 1 spiro atoms. The maximum Gasteiger partial charge on any atom is 0.251 e. The predicted octanol–water partition coefficient (Wildman–Crippen LogP) is 2.66. The van der Waals surface area contributed by atoms with Crippen LogP contribution in [0.3, 0.4) is 0 Å². The molecule has 0 aromatic heterocycles. The van der Waals surface area contributed by atoms with Gasteiger partial charge in [-0.05, 0) is 62.3 Å². The minimum absolute atomic E-state index is 0.0194. The third-order valence-corrected chi connectivity index (χ3v) is 11.6. The van der Waals surface area contributed by atoms with Crippen molar-refractivity contribution < 1.29 is 9.53 Å². The van der Waals surface area contributed by atoms with Gasteiger partial charge in [0.05, 0.1) is 37.3 Å². The van der Waals surface area contributed by atoms with Crippen LogP contribution in [-0.2, 0) is 4.74 Å². The van der Waals surface area contributed by atoms with Crippen LogP contribution in [0.2, 0.25) is 0 Å². The second kappa shape index (κ2) is 13.9. The molecule has 2 aliphatic carbocycles. The van der Waals surface area contributed by atoms with Crippen molar-refractivity contribution in [1.82, 2.24) is 36.6 Å². The maximum atomic E-state index is 13.4. The molecular formula is C34H56N8O2. The number of hydrazine groups is 1. The number of amides is 1. The summed E-state index contributed by atoms with van der Waals surface area (Å²) in [7, 11) is 2.15. The number of ether oxygens (including phenoxy) is 1. The van der Waals surface area contributed by atoms with Gasteiger partial charge in [-0.1, -0.05) is 51.0 Å². The van der Waals surface area contributed by atoms with E-state index in [0.717, 1.165) is 57.1 Å². The molecule has 4 heterocycles. The lowest BCUT2D eigenvalue weighted by Gasteiger charge is -2.51. The molecule has 6 fully saturated rings. The van der Waals surface area contributed by atoms with Crippen molar-refractivity contribution in [2.24, 2.45) is 17.3 Å². The summed E-state index contributed by atoms with van der Waals surface area (Å²) in [6.07, 6.45) is 15.4. The van der Waals surface area contributed by atoms with Crippen molar-refractivity contribution in [3.63, 3.8) is 0 Å². The van der Waals surface area contributed by atoms with Crippen LogP contribution in [0.25, 0.3) is 0 Å². The smallest absolute Gasteiger partial charge is 0.251 e. The summed E-state index contributed by atoms with van der Waals surface area (Å²) in [6.45, 7) is 6.48. The lowest BCUT2D eigenvalue weighted by molar-refractivity contribution is -0.0746. The Morgan fingerprint density at radius 1 is 1.07 bits per heavy atom. The molecule has 4 aliphatic heterocycles. The molecule has 6 atom stereocenters. The minimum atomic E-state index is 0.0194. The third-order valence-electron chi connectivity index (χ3n) is 11.6. The number of benzene rings is 1. The van der Waals surface area contributed by atoms with E-state index in [1.54, 1.807) is 0 Å². The molecule has 10 nitrogen and oxygen atoms in total. The van der Waals surface area contributed by atoms with E-state index in [4.69, 9.17) is 4.74 Å². The molecule has 6 aliphatic rings. The van der Waals surface area contributed by atoms with Crippen LogP contribution in [0, 0.1) is 17.3 Å². The highest BCUT2D eigenvalue weighted by molar-refractivity contribution is 5.95. The minimum Gasteiger partial charge on any atom is -0.382 e. The molecule has 5 unspecified atom stereocenters. The van der Waals surface area contributed by atoms with Gasteiger partial charge < -0.3 is 20.7 Å². The fourth-order valence-electron chi connectivity index (χ4n) is 9.10. The molecule has 6 N–H and O–H groups in total. The molecule has 2 saturated carbocycles. The number of anilines is 1. The van der Waals surface area contributed by atoms with E-state index in [9.17, 15) is 4.79 Å². The highest BCUT2D eigenvalue weighted by atomic mass is 16.5. The average Bonchev–Trinajstić information content (AvgIpc) is 3.73. The lowest BCUT2D eigenvalue weighted by Crippen LogP contribution is -2.62. The van der Waals surface area contributed by atoms with Gasteiger partial charge in [0.2, 0.25) is 0 Å². The number of nitrogens with one attached hydrogen (secondary N) is 6. The second-order valence-electron chi connectivity index (χ2n) is 14.6. The molecular weight excluding hydrogens is 552 g/mol. The standard InChI is InChI=1S/C34H56N8O2/c1-41-17-16-36-32(41)30(24-12-13-24)38-33(43)25-10-9-11-26(20-25)37-22-28-39-40-31-29-27(44-19-18-42(28)31)21-35-23-34(29)14-7-5-3-2-4-6-8-15-34/h9-11,20,24,27-32,35-37,39-40H,2-8,12-19,21-23H2,1H3,(H,38,43)/t27?,28?,29?,30-,31?,32?/m1/s1. The van der Waals surface area contributed by atoms with Gasteiger partial charge in [0, 0.05) is 56.4 Å². The van der Waals surface area contributed by atoms with Crippen LogP contribution in [0.1, 0.15) is 81.0 Å². The number of fused-ring (bicyclic) bond motifs is 4. The zero-order chi connectivity index (χ0) is 29.9. The van der Waals surface area contributed by atoms with Crippen LogP contribution >= 0.6 is 0 Å². The van der Waals surface area contributed by atoms with E-state index in [-0.39, 0.29) is 42.0 Å². The van der Waals surface area contributed by atoms with Gasteiger partial charge >= 0.3 is 0 Å². The molecule has 1 aromatic carbocycles. The number of likely N-dealkylation sites (N-methyl/N-ethyl adjacent to an activating group) is 1. The van der Waals surface area contributed by atoms with Gasteiger partial charge in [-0.2, -0.15) is 0 Å². The van der Waals surface area contributed by atoms with E-state index >= 15 is 0 Å². The van der Waals surface area contributed by atoms with Crippen molar-refractivity contribution >= 4 is 11.6 Å². The molecule has 4 saturated heterocycles. The van der Waals surface area contributed by atoms with E-state index in [2.05, 4.69) is 55.0 Å². The maximum absolute atomic E-state index is 13.4. The molecule has 244 valence electrons. The predicted molar refractivity (Wildman–Crippen MR) is 174 cm³/mol. The van der Waals surface area contributed by atoms with Crippen molar-refractivity contribution in [3.05, 3.63) is 29.8 Å². The first kappa shape index (κ1) is 30.8. The fraction of sp³-hybridized carbons (Fsp3) is 0.794. The number of hydrogen-bond donors (Lipinski definition) is 6. The molecule has 1 amide bonds. The van der Waals surface area contributed by atoms with Crippen LogP contribution in [0.15, 0.2) is 24.3 Å². The summed E-state index contributed by atoms with van der Waals surface area (Å²) >= 11 is 0. The number of nitrogens with zero attached hydrogens (tertiary/aromatic N) is 2. The van der Waals surface area contributed by atoms with Gasteiger partial charge in [0.15, 0.2) is 0 Å². The summed E-state index contributed by atoms with van der Waals surface area (Å²) in [5.41, 5.74) is 9.41. The average molecular weight is 609 g/mol. The van der Waals surface area contributed by atoms with Gasteiger partial charge in [0.25, 0.3) is 5.91 Å². The van der Waals surface area contributed by atoms with Crippen molar-refractivity contribution in [3.8, 4) is 0 Å². The van der Waals surface area contributed by atoms with Gasteiger partial charge in [-0.3, -0.25) is 19.9 Å². The van der Waals surface area contributed by atoms with Crippen molar-refractivity contribution in [1.29, 1.82) is 0 Å². The molecule has 0 bridgehead atoms. The first-order chi connectivity index (χ1) is 21.6. The Kier molecular flexibility index (Phi) is 9.75. The Morgan fingerprint density at radius 3 is 2.61 bits per heavy atom. The quantitative estimate of drug-likeness (QED) is 0.279. The number of piperidine rings is 1.